The molecule has 1 saturated carbocycles. The predicted molar refractivity (Wildman–Crippen MR) is 66.5 cm³/mol. The van der Waals surface area contributed by atoms with Crippen LogP contribution >= 0.6 is 0 Å². The van der Waals surface area contributed by atoms with Gasteiger partial charge in [0.15, 0.2) is 0 Å². The van der Waals surface area contributed by atoms with Gasteiger partial charge in [0, 0.05) is 12.7 Å². The number of aromatic nitrogens is 2. The summed E-state index contributed by atoms with van der Waals surface area (Å²) in [5.74, 6) is 2.07. The Kier molecular flexibility index (Phi) is 3.94. The van der Waals surface area contributed by atoms with E-state index < -0.39 is 0 Å². The van der Waals surface area contributed by atoms with E-state index in [0.717, 1.165) is 30.4 Å². The fraction of sp³-hybridized carbons (Fsp3) is 0.692. The molecule has 1 fully saturated rings. The van der Waals surface area contributed by atoms with Gasteiger partial charge >= 0.3 is 0 Å². The third-order valence-electron chi connectivity index (χ3n) is 3.29. The number of nitrogens with two attached hydrogens (primary N) is 1. The molecule has 0 spiro atoms. The number of hydrogen-bond donors (Lipinski definition) is 1. The molecule has 0 bridgehead atoms. The number of rotatable bonds is 3. The van der Waals surface area contributed by atoms with Crippen molar-refractivity contribution in [3.05, 3.63) is 18.1 Å². The zero-order valence-corrected chi connectivity index (χ0v) is 10.6. The van der Waals surface area contributed by atoms with Gasteiger partial charge in [0.25, 0.3) is 0 Å². The topological polar surface area (TPSA) is 61.0 Å². The Balaban J connectivity index is 1.99. The molecule has 2 atom stereocenters. The summed E-state index contributed by atoms with van der Waals surface area (Å²) in [6.07, 6.45) is 7.14. The maximum Gasteiger partial charge on any atom is 0.232 e. The van der Waals surface area contributed by atoms with Crippen molar-refractivity contribution in [3.63, 3.8) is 0 Å². The highest BCUT2D eigenvalue weighted by molar-refractivity contribution is 5.08. The lowest BCUT2D eigenvalue weighted by molar-refractivity contribution is 0.0961. The molecule has 0 radical (unpaired) electrons. The smallest absolute Gasteiger partial charge is 0.232 e. The molecule has 2 unspecified atom stereocenters. The first-order valence-corrected chi connectivity index (χ1v) is 6.35. The van der Waals surface area contributed by atoms with Crippen LogP contribution in [0.3, 0.4) is 0 Å². The molecule has 2 rings (SSSR count). The maximum absolute atomic E-state index is 5.91. The minimum Gasteiger partial charge on any atom is -0.473 e. The van der Waals surface area contributed by atoms with Gasteiger partial charge in [0.05, 0.1) is 11.9 Å². The Morgan fingerprint density at radius 3 is 2.59 bits per heavy atom. The fourth-order valence-electron chi connectivity index (χ4n) is 2.68. The van der Waals surface area contributed by atoms with Crippen molar-refractivity contribution in [2.75, 3.05) is 0 Å². The second kappa shape index (κ2) is 5.45. The SMILES string of the molecule is CC1CC(C)CC(Oc2cncc(CN)n2)C1. The molecule has 1 aromatic heterocycles. The second-order valence-electron chi connectivity index (χ2n) is 5.21. The van der Waals surface area contributed by atoms with E-state index in [1.807, 2.05) is 0 Å². The Labute approximate surface area is 103 Å². The summed E-state index contributed by atoms with van der Waals surface area (Å²) in [6.45, 7) is 4.98. The monoisotopic (exact) mass is 235 g/mol. The maximum atomic E-state index is 5.91. The summed E-state index contributed by atoms with van der Waals surface area (Å²) in [5, 5.41) is 0. The molecule has 1 aliphatic rings. The normalized spacial score (nSPS) is 29.0. The average Bonchev–Trinajstić information content (AvgIpc) is 2.28. The molecule has 4 nitrogen and oxygen atoms in total. The molecule has 2 N–H and O–H groups in total. The molecular formula is C13H21N3O. The molecule has 94 valence electrons. The highest BCUT2D eigenvalue weighted by Gasteiger charge is 2.25. The Bertz CT molecular complexity index is 359. The van der Waals surface area contributed by atoms with Crippen molar-refractivity contribution in [2.24, 2.45) is 17.6 Å². The zero-order valence-electron chi connectivity index (χ0n) is 10.6. The predicted octanol–water partition coefficient (Wildman–Crippen LogP) is 2.14. The Hall–Kier alpha value is -1.16. The van der Waals surface area contributed by atoms with Gasteiger partial charge < -0.3 is 10.5 Å². The van der Waals surface area contributed by atoms with Crippen molar-refractivity contribution in [1.82, 2.24) is 9.97 Å². The molecular weight excluding hydrogens is 214 g/mol. The molecule has 1 aromatic rings. The fourth-order valence-corrected chi connectivity index (χ4v) is 2.68. The molecule has 0 aromatic carbocycles. The third kappa shape index (κ3) is 3.40. The van der Waals surface area contributed by atoms with Crippen molar-refractivity contribution in [2.45, 2.75) is 45.8 Å². The van der Waals surface area contributed by atoms with Crippen LogP contribution in [-0.2, 0) is 6.54 Å². The van der Waals surface area contributed by atoms with Gasteiger partial charge in [-0.25, -0.2) is 4.98 Å². The van der Waals surface area contributed by atoms with Gasteiger partial charge in [0.2, 0.25) is 5.88 Å². The first kappa shape index (κ1) is 12.3. The zero-order chi connectivity index (χ0) is 12.3. The lowest BCUT2D eigenvalue weighted by Crippen LogP contribution is -2.28. The molecule has 0 aliphatic heterocycles. The van der Waals surface area contributed by atoms with Crippen LogP contribution in [0.25, 0.3) is 0 Å². The quantitative estimate of drug-likeness (QED) is 0.872. The van der Waals surface area contributed by atoms with Crippen LogP contribution < -0.4 is 10.5 Å². The third-order valence-corrected chi connectivity index (χ3v) is 3.29. The van der Waals surface area contributed by atoms with E-state index in [9.17, 15) is 0 Å². The van der Waals surface area contributed by atoms with Crippen molar-refractivity contribution >= 4 is 0 Å². The molecule has 0 amide bonds. The molecule has 1 heterocycles. The van der Waals surface area contributed by atoms with E-state index in [4.69, 9.17) is 10.5 Å². The van der Waals surface area contributed by atoms with Gasteiger partial charge in [-0.1, -0.05) is 13.8 Å². The van der Waals surface area contributed by atoms with Crippen molar-refractivity contribution in [3.8, 4) is 5.88 Å². The van der Waals surface area contributed by atoms with Crippen LogP contribution in [0.1, 0.15) is 38.8 Å². The summed E-state index contributed by atoms with van der Waals surface area (Å²) in [4.78, 5) is 8.42. The molecule has 4 heteroatoms. The summed E-state index contributed by atoms with van der Waals surface area (Å²) >= 11 is 0. The lowest BCUT2D eigenvalue weighted by Gasteiger charge is -2.31. The minimum atomic E-state index is 0.274. The van der Waals surface area contributed by atoms with Crippen LogP contribution in [0.4, 0.5) is 0 Å². The number of ether oxygens (including phenoxy) is 1. The first-order valence-electron chi connectivity index (χ1n) is 6.35. The highest BCUT2D eigenvalue weighted by atomic mass is 16.5. The van der Waals surface area contributed by atoms with E-state index >= 15 is 0 Å². The van der Waals surface area contributed by atoms with Crippen LogP contribution in [0, 0.1) is 11.8 Å². The van der Waals surface area contributed by atoms with Gasteiger partial charge in [0.1, 0.15) is 6.10 Å². The number of hydrogen-bond acceptors (Lipinski definition) is 4. The summed E-state index contributed by atoms with van der Waals surface area (Å²) < 4.78 is 5.91. The van der Waals surface area contributed by atoms with Gasteiger partial charge in [-0.15, -0.1) is 0 Å². The van der Waals surface area contributed by atoms with Crippen molar-refractivity contribution in [1.29, 1.82) is 0 Å². The van der Waals surface area contributed by atoms with Gasteiger partial charge in [-0.05, 0) is 31.1 Å². The second-order valence-corrected chi connectivity index (χ2v) is 5.21. The Morgan fingerprint density at radius 2 is 1.94 bits per heavy atom. The van der Waals surface area contributed by atoms with Crippen LogP contribution in [-0.4, -0.2) is 16.1 Å². The minimum absolute atomic E-state index is 0.274. The van der Waals surface area contributed by atoms with E-state index in [-0.39, 0.29) is 6.10 Å². The molecule has 1 aliphatic carbocycles. The standard InChI is InChI=1S/C13H21N3O/c1-9-3-10(2)5-12(4-9)17-13-8-15-7-11(6-14)16-13/h7-10,12H,3-6,14H2,1-2H3. The Morgan fingerprint density at radius 1 is 1.24 bits per heavy atom. The molecule has 0 saturated heterocycles. The number of nitrogens with zero attached hydrogens (tertiary/aromatic N) is 2. The first-order chi connectivity index (χ1) is 8.17. The van der Waals surface area contributed by atoms with Gasteiger partial charge in [-0.2, -0.15) is 0 Å². The van der Waals surface area contributed by atoms with Gasteiger partial charge in [-0.3, -0.25) is 4.98 Å². The van der Waals surface area contributed by atoms with Crippen LogP contribution in [0.2, 0.25) is 0 Å². The highest BCUT2D eigenvalue weighted by Crippen LogP contribution is 2.30. The summed E-state index contributed by atoms with van der Waals surface area (Å²) in [7, 11) is 0. The lowest BCUT2D eigenvalue weighted by atomic mass is 9.82. The van der Waals surface area contributed by atoms with E-state index in [2.05, 4.69) is 23.8 Å². The summed E-state index contributed by atoms with van der Waals surface area (Å²) in [5.41, 5.74) is 6.32. The van der Waals surface area contributed by atoms with E-state index in [1.54, 1.807) is 12.4 Å². The van der Waals surface area contributed by atoms with Crippen LogP contribution in [0.15, 0.2) is 12.4 Å². The summed E-state index contributed by atoms with van der Waals surface area (Å²) in [6, 6.07) is 0. The molecule has 17 heavy (non-hydrogen) atoms. The van der Waals surface area contributed by atoms with E-state index in [1.165, 1.54) is 6.42 Å². The van der Waals surface area contributed by atoms with E-state index in [0.29, 0.717) is 12.4 Å². The van der Waals surface area contributed by atoms with Crippen LogP contribution in [0.5, 0.6) is 5.88 Å². The average molecular weight is 235 g/mol. The largest absolute Gasteiger partial charge is 0.473 e. The van der Waals surface area contributed by atoms with Crippen molar-refractivity contribution < 1.29 is 4.74 Å².